The lowest BCUT2D eigenvalue weighted by molar-refractivity contribution is -0.336. The Labute approximate surface area is 654 Å². The quantitative estimate of drug-likeness (QED) is 0.0365. The number of aromatic hydroxyl groups is 3. The van der Waals surface area contributed by atoms with Crippen molar-refractivity contribution in [2.75, 3.05) is 20.3 Å². The molecular formula is C75H87Cl2N9O27. The van der Waals surface area contributed by atoms with E-state index < -0.39 is 266 Å². The minimum atomic E-state index is -2.42. The lowest BCUT2D eigenvalue weighted by Gasteiger charge is -2.48. The maximum Gasteiger partial charge on any atom is 0.330 e. The summed E-state index contributed by atoms with van der Waals surface area (Å²) in [5.41, 5.74) is 1.14. The predicted octanol–water partition coefficient (Wildman–Crippen LogP) is 1.42. The smallest absolute Gasteiger partial charge is 0.330 e. The van der Waals surface area contributed by atoms with Crippen molar-refractivity contribution < 1.29 is 132 Å². The lowest BCUT2D eigenvalue weighted by atomic mass is 9.85. The van der Waals surface area contributed by atoms with Gasteiger partial charge in [0.05, 0.1) is 47.4 Å². The Kier molecular flexibility index (Phi) is 27.0. The molecule has 0 radical (unpaired) electrons. The highest BCUT2D eigenvalue weighted by atomic mass is 35.5. The first-order chi connectivity index (χ1) is 53.4. The normalized spacial score (nSPS) is 27.7. The van der Waals surface area contributed by atoms with Gasteiger partial charge < -0.3 is 132 Å². The zero-order valence-electron chi connectivity index (χ0n) is 61.2. The zero-order chi connectivity index (χ0) is 82.5. The number of nitrogens with two attached hydrogens (primary N) is 1. The van der Waals surface area contributed by atoms with Gasteiger partial charge in [0.15, 0.2) is 29.9 Å². The number of aliphatic hydroxyl groups excluding tert-OH is 7. The van der Waals surface area contributed by atoms with Crippen LogP contribution < -0.4 is 57.2 Å². The third kappa shape index (κ3) is 19.0. The molecule has 0 spiro atoms. The average molecular weight is 1620 g/mol. The number of phenolic OH excluding ortho intramolecular Hbond substituents is 3. The Bertz CT molecular complexity index is 4500. The summed E-state index contributed by atoms with van der Waals surface area (Å²) in [4.78, 5) is 133. The van der Waals surface area contributed by atoms with Crippen molar-refractivity contribution in [3.05, 3.63) is 142 Å². The number of benzene rings is 5. The minimum absolute atomic E-state index is 0.0105. The zero-order valence-corrected chi connectivity index (χ0v) is 62.7. The summed E-state index contributed by atoms with van der Waals surface area (Å²) < 4.78 is 44.2. The molecule has 11 unspecified atom stereocenters. The maximum atomic E-state index is 16.2. The van der Waals surface area contributed by atoms with Crippen LogP contribution >= 0.6 is 23.2 Å². The molecule has 11 bridgehead atoms. The molecule has 0 saturated carbocycles. The molecule has 20 N–H and O–H groups in total. The van der Waals surface area contributed by atoms with Crippen LogP contribution in [0.2, 0.25) is 10.0 Å². The van der Waals surface area contributed by atoms with E-state index in [-0.39, 0.29) is 49.3 Å². The molecule has 113 heavy (non-hydrogen) atoms. The number of rotatable bonds is 21. The van der Waals surface area contributed by atoms with Crippen molar-refractivity contribution in [3.8, 4) is 57.1 Å². The molecule has 2 saturated heterocycles. The van der Waals surface area contributed by atoms with Crippen LogP contribution in [0, 0.1) is 5.92 Å². The van der Waals surface area contributed by atoms with Crippen molar-refractivity contribution in [1.82, 2.24) is 42.1 Å². The summed E-state index contributed by atoms with van der Waals surface area (Å²) in [7, 11) is 1.35. The molecule has 7 heterocycles. The SMILES string of the molecule is C=CCCC(=O)N(C)[C@H](CC(C)C)C(=O)N[C@H]1C(=O)N[C@@H](CC(N)=O)C(=O)N[C@H]2C(=O)NC3C(=O)N[C@H](C(=O)N[C@@H](C(=O)O)c4cc(O)cc(O)c4-c4cc3ccc4O)[C@H](O)c3ccc(c(Cl)c3)Oc3cc2cc(c3OC2OC(CO)C(O)C(O)C2OC2CC(C)(NC(O)OCC=C)C(O)C(C)O2)Oc2ccc(cc2Cl)[C@H]1O. The first-order valence-corrected chi connectivity index (χ1v) is 36.2. The third-order valence-corrected chi connectivity index (χ3v) is 20.2. The molecule has 12 rings (SSSR count). The van der Waals surface area contributed by atoms with Crippen LogP contribution in [0.4, 0.5) is 0 Å². The van der Waals surface area contributed by atoms with Crippen LogP contribution in [0.15, 0.2) is 104 Å². The van der Waals surface area contributed by atoms with E-state index in [0.29, 0.717) is 0 Å². The number of phenols is 3. The van der Waals surface area contributed by atoms with E-state index in [4.69, 9.17) is 62.1 Å². The number of likely N-dealkylation sites (N-methyl/N-ethyl adjacent to an activating group) is 1. The number of hydrogen-bond acceptors (Lipinski definition) is 27. The second-order valence-corrected chi connectivity index (χ2v) is 29.1. The maximum absolute atomic E-state index is 16.2. The number of primary amides is 1. The largest absolute Gasteiger partial charge is 0.508 e. The number of aliphatic hydroxyl groups is 7. The van der Waals surface area contributed by atoms with Crippen molar-refractivity contribution in [3.63, 3.8) is 0 Å². The Morgan fingerprint density at radius 3 is 1.96 bits per heavy atom. The first kappa shape index (κ1) is 85.1. The highest BCUT2D eigenvalue weighted by molar-refractivity contribution is 6.32. The number of hydrogen-bond donors (Lipinski definition) is 19. The van der Waals surface area contributed by atoms with E-state index in [0.717, 1.165) is 77.7 Å². The lowest BCUT2D eigenvalue weighted by Crippen LogP contribution is -2.66. The fourth-order valence-corrected chi connectivity index (χ4v) is 14.2. The van der Waals surface area contributed by atoms with Gasteiger partial charge in [-0.15, -0.1) is 13.2 Å². The number of fused-ring (bicyclic) bond motifs is 15. The number of ether oxygens (including phenoxy) is 7. The standard InChI is InChI=1S/C75H87Cl2N9O27/c1-8-10-11-51(92)86(7)42(19-30(3)4)67(99)83-57-59(93)33-13-16-45(39(76)21-33)109-47-23-35-24-48(63(47)113-73-64(62(96)61(95)49(29-87)111-73)112-52-28-75(6,65(97)31(5)108-52)85-74(106)107-18-9-2)110-46-17-14-34(22-40(46)77)60(94)58-71(103)82-56(72(104)105)38-25-36(88)26-44(90)53(38)37-20-32(12-15-43(37)89)54(68(100)84-58)81-69(101)55(35)80-66(98)41(27-50(78)91)79-70(57)102/h8-9,12-17,20-26,30-31,41-42,49,52,54-62,64-65,73-74,85,87-90,93-97,106H,1-2,10-11,18-19,27-29H2,3-7H3,(H2,78,91)(H,79,102)(H,80,98)(H,81,101)(H,82,103)(H,83,99)(H,84,100)(H,104,105)/t31?,41-,42+,49?,52?,54?,55+,56+,57+,58-,59+,60+,61?,62?,64?,65?,73?,74?,75?/m0/s1. The van der Waals surface area contributed by atoms with Gasteiger partial charge in [0.1, 0.15) is 95.5 Å². The fraction of sp³-hybridized carbons (Fsp3) is 0.427. The minimum Gasteiger partial charge on any atom is -0.508 e. The number of amides is 8. The molecule has 8 amide bonds. The predicted molar refractivity (Wildman–Crippen MR) is 394 cm³/mol. The summed E-state index contributed by atoms with van der Waals surface area (Å²) in [6.45, 7) is 12.5. The number of allylic oxidation sites excluding steroid dienone is 1. The van der Waals surface area contributed by atoms with Gasteiger partial charge in [0.25, 0.3) is 0 Å². The van der Waals surface area contributed by atoms with E-state index in [9.17, 15) is 80.1 Å². The second kappa shape index (κ2) is 35.8. The summed E-state index contributed by atoms with van der Waals surface area (Å²) in [5, 5.41) is 143. The van der Waals surface area contributed by atoms with E-state index in [1.165, 1.54) is 39.1 Å². The van der Waals surface area contributed by atoms with Crippen LogP contribution in [0.3, 0.4) is 0 Å². The van der Waals surface area contributed by atoms with Gasteiger partial charge in [-0.05, 0) is 109 Å². The van der Waals surface area contributed by atoms with Gasteiger partial charge in [-0.1, -0.05) is 67.4 Å². The van der Waals surface area contributed by atoms with Crippen LogP contribution in [0.5, 0.6) is 46.0 Å². The molecule has 0 aromatic heterocycles. The molecule has 36 nitrogen and oxygen atoms in total. The van der Waals surface area contributed by atoms with Crippen LogP contribution in [0.25, 0.3) is 11.1 Å². The van der Waals surface area contributed by atoms with Crippen molar-refractivity contribution >= 4 is 76.4 Å². The topological polar surface area (TPSA) is 554 Å². The number of carboxylic acid groups (broad SMARTS) is 1. The van der Waals surface area contributed by atoms with Crippen molar-refractivity contribution in [1.29, 1.82) is 0 Å². The van der Waals surface area contributed by atoms with Crippen molar-refractivity contribution in [2.24, 2.45) is 11.7 Å². The number of carbonyl (C=O) groups excluding carboxylic acids is 8. The Balaban J connectivity index is 1.22. The molecule has 7 aliphatic heterocycles. The number of carbonyl (C=O) groups is 9. The number of halogens is 2. The molecule has 5 aromatic rings. The van der Waals surface area contributed by atoms with Crippen LogP contribution in [0.1, 0.15) is 118 Å². The molecule has 38 heteroatoms. The molecule has 19 atom stereocenters. The Hall–Kier alpha value is -10.3. The van der Waals surface area contributed by atoms with E-state index in [1.54, 1.807) is 13.8 Å². The van der Waals surface area contributed by atoms with Crippen LogP contribution in [-0.4, -0.2) is 220 Å². The summed E-state index contributed by atoms with van der Waals surface area (Å²) in [5.74, 6) is -17.6. The van der Waals surface area contributed by atoms with Gasteiger partial charge >= 0.3 is 5.97 Å². The van der Waals surface area contributed by atoms with Gasteiger partial charge in [-0.2, -0.15) is 0 Å². The van der Waals surface area contributed by atoms with E-state index >= 15 is 19.2 Å². The molecule has 0 aliphatic carbocycles. The average Bonchev–Trinajstić information content (AvgIpc) is 0.770. The third-order valence-electron chi connectivity index (χ3n) is 19.6. The number of aliphatic carboxylic acids is 1. The molecule has 2 fully saturated rings. The number of carboxylic acids is 1. The summed E-state index contributed by atoms with van der Waals surface area (Å²) >= 11 is 14.2. The summed E-state index contributed by atoms with van der Waals surface area (Å²) in [6.07, 6.45) is -18.8. The first-order valence-electron chi connectivity index (χ1n) is 35.5. The van der Waals surface area contributed by atoms with E-state index in [2.05, 4.69) is 50.4 Å². The highest BCUT2D eigenvalue weighted by Crippen LogP contribution is 2.50. The second-order valence-electron chi connectivity index (χ2n) is 28.3. The number of nitrogens with one attached hydrogen (secondary N) is 7. The molecule has 608 valence electrons. The van der Waals surface area contributed by atoms with Crippen molar-refractivity contribution in [2.45, 2.75) is 175 Å². The Morgan fingerprint density at radius 2 is 1.36 bits per heavy atom. The van der Waals surface area contributed by atoms with E-state index in [1.807, 2.05) is 0 Å². The molecular weight excluding hydrogens is 1530 g/mol. The Morgan fingerprint density at radius 1 is 0.743 bits per heavy atom. The van der Waals surface area contributed by atoms with Gasteiger partial charge in [0, 0.05) is 42.6 Å². The number of nitrogens with zero attached hydrogens (tertiary/aromatic N) is 1. The molecule has 5 aromatic carbocycles. The van der Waals surface area contributed by atoms with Gasteiger partial charge in [-0.3, -0.25) is 43.7 Å². The fourth-order valence-electron chi connectivity index (χ4n) is 13.7. The van der Waals surface area contributed by atoms with Crippen LogP contribution in [-0.2, 0) is 62.1 Å². The van der Waals surface area contributed by atoms with Gasteiger partial charge in [-0.25, -0.2) is 4.79 Å². The van der Waals surface area contributed by atoms with Gasteiger partial charge in [0.2, 0.25) is 65.7 Å². The molecule has 7 aliphatic rings. The monoisotopic (exact) mass is 1620 g/mol. The highest BCUT2D eigenvalue weighted by Gasteiger charge is 2.53. The summed E-state index contributed by atoms with van der Waals surface area (Å²) in [6, 6.07) is -1.82.